The Morgan fingerprint density at radius 3 is 2.05 bits per heavy atom. The standard InChI is InChI=1S/C10H14F5N3O2/c11-9(12,10(13,14)15)8(20)17-6-1-3-18(4-2-6)5-7(16)19/h6H,1-5H2,(H2,16,19)(H,17,20). The molecule has 0 radical (unpaired) electrons. The van der Waals surface area contributed by atoms with E-state index in [2.05, 4.69) is 0 Å². The summed E-state index contributed by atoms with van der Waals surface area (Å²) in [5.41, 5.74) is 4.97. The molecule has 1 saturated heterocycles. The molecule has 1 fully saturated rings. The Bertz CT molecular complexity index is 378. The van der Waals surface area contributed by atoms with Gasteiger partial charge in [-0.25, -0.2) is 0 Å². The fourth-order valence-corrected chi connectivity index (χ4v) is 1.86. The largest absolute Gasteiger partial charge is 0.463 e. The molecule has 20 heavy (non-hydrogen) atoms. The van der Waals surface area contributed by atoms with E-state index < -0.39 is 30.0 Å². The number of carbonyl (C=O) groups is 2. The van der Waals surface area contributed by atoms with Crippen molar-refractivity contribution in [2.75, 3.05) is 19.6 Å². The van der Waals surface area contributed by atoms with Gasteiger partial charge in [0.1, 0.15) is 0 Å². The molecular formula is C10H14F5N3O2. The predicted molar refractivity (Wildman–Crippen MR) is 57.8 cm³/mol. The molecule has 2 amide bonds. The van der Waals surface area contributed by atoms with Crippen molar-refractivity contribution >= 4 is 11.8 Å². The molecule has 1 aliphatic heterocycles. The Morgan fingerprint density at radius 2 is 1.65 bits per heavy atom. The molecule has 116 valence electrons. The van der Waals surface area contributed by atoms with E-state index in [1.165, 1.54) is 0 Å². The molecule has 1 heterocycles. The van der Waals surface area contributed by atoms with Crippen LogP contribution in [0.5, 0.6) is 0 Å². The molecule has 3 N–H and O–H groups in total. The normalized spacial score (nSPS) is 18.9. The number of likely N-dealkylation sites (tertiary alicyclic amines) is 1. The highest BCUT2D eigenvalue weighted by molar-refractivity contribution is 5.84. The first-order chi connectivity index (χ1) is 9.04. The maximum Gasteiger partial charge on any atom is 0.463 e. The number of hydrogen-bond acceptors (Lipinski definition) is 3. The number of carbonyl (C=O) groups excluding carboxylic acids is 2. The number of piperidine rings is 1. The van der Waals surface area contributed by atoms with E-state index in [4.69, 9.17) is 5.73 Å². The van der Waals surface area contributed by atoms with E-state index in [0.29, 0.717) is 0 Å². The van der Waals surface area contributed by atoms with Gasteiger partial charge in [-0.15, -0.1) is 0 Å². The minimum atomic E-state index is -5.91. The molecule has 0 bridgehead atoms. The molecule has 0 aromatic carbocycles. The number of hydrogen-bond donors (Lipinski definition) is 2. The highest BCUT2D eigenvalue weighted by Crippen LogP contribution is 2.35. The monoisotopic (exact) mass is 303 g/mol. The van der Waals surface area contributed by atoms with Gasteiger partial charge in [0.15, 0.2) is 0 Å². The first-order valence-corrected chi connectivity index (χ1v) is 5.80. The Balaban J connectivity index is 2.48. The highest BCUT2D eigenvalue weighted by atomic mass is 19.4. The van der Waals surface area contributed by atoms with Gasteiger partial charge in [-0.3, -0.25) is 14.5 Å². The van der Waals surface area contributed by atoms with Gasteiger partial charge in [-0.2, -0.15) is 22.0 Å². The van der Waals surface area contributed by atoms with Crippen LogP contribution < -0.4 is 11.1 Å². The lowest BCUT2D eigenvalue weighted by Gasteiger charge is -2.32. The van der Waals surface area contributed by atoms with Crippen molar-refractivity contribution in [3.05, 3.63) is 0 Å². The lowest BCUT2D eigenvalue weighted by atomic mass is 10.0. The van der Waals surface area contributed by atoms with Crippen LogP contribution in [0, 0.1) is 0 Å². The highest BCUT2D eigenvalue weighted by Gasteiger charge is 2.63. The molecule has 5 nitrogen and oxygen atoms in total. The van der Waals surface area contributed by atoms with E-state index in [0.717, 1.165) is 0 Å². The van der Waals surface area contributed by atoms with E-state index in [9.17, 15) is 31.5 Å². The van der Waals surface area contributed by atoms with Crippen LogP contribution in [0.15, 0.2) is 0 Å². The summed E-state index contributed by atoms with van der Waals surface area (Å²) < 4.78 is 61.4. The Morgan fingerprint density at radius 1 is 1.15 bits per heavy atom. The van der Waals surface area contributed by atoms with Crippen molar-refractivity contribution < 1.29 is 31.5 Å². The van der Waals surface area contributed by atoms with Gasteiger partial charge in [-0.05, 0) is 12.8 Å². The molecule has 0 atom stereocenters. The van der Waals surface area contributed by atoms with E-state index in [-0.39, 0.29) is 32.5 Å². The second kappa shape index (κ2) is 5.90. The van der Waals surface area contributed by atoms with Crippen molar-refractivity contribution in [1.82, 2.24) is 10.2 Å². The van der Waals surface area contributed by atoms with Gasteiger partial charge in [-0.1, -0.05) is 0 Å². The third-order valence-electron chi connectivity index (χ3n) is 2.94. The lowest BCUT2D eigenvalue weighted by Crippen LogP contribution is -2.55. The molecule has 1 rings (SSSR count). The summed E-state index contributed by atoms with van der Waals surface area (Å²) in [4.78, 5) is 23.3. The van der Waals surface area contributed by atoms with Gasteiger partial charge in [0.2, 0.25) is 5.91 Å². The molecule has 1 aliphatic rings. The summed E-state index contributed by atoms with van der Waals surface area (Å²) in [6.45, 7) is 0.552. The second-order valence-corrected chi connectivity index (χ2v) is 4.56. The van der Waals surface area contributed by atoms with Gasteiger partial charge in [0.05, 0.1) is 6.54 Å². The van der Waals surface area contributed by atoms with E-state index >= 15 is 0 Å². The zero-order valence-electron chi connectivity index (χ0n) is 10.3. The molecule has 0 aromatic heterocycles. The fraction of sp³-hybridized carbons (Fsp3) is 0.800. The SMILES string of the molecule is NC(=O)CN1CCC(NC(=O)C(F)(F)C(F)(F)F)CC1. The van der Waals surface area contributed by atoms with Crippen LogP contribution in [-0.2, 0) is 9.59 Å². The second-order valence-electron chi connectivity index (χ2n) is 4.56. The molecule has 0 aliphatic carbocycles. The maximum absolute atomic E-state index is 12.7. The van der Waals surface area contributed by atoms with Gasteiger partial charge in [0.25, 0.3) is 0 Å². The molecule has 0 unspecified atom stereocenters. The first-order valence-electron chi connectivity index (χ1n) is 5.80. The summed E-state index contributed by atoms with van der Waals surface area (Å²) in [6.07, 6.45) is -5.57. The summed E-state index contributed by atoms with van der Waals surface area (Å²) >= 11 is 0. The van der Waals surface area contributed by atoms with Crippen LogP contribution in [0.1, 0.15) is 12.8 Å². The molecular weight excluding hydrogens is 289 g/mol. The van der Waals surface area contributed by atoms with Crippen molar-refractivity contribution in [3.8, 4) is 0 Å². The summed E-state index contributed by atoms with van der Waals surface area (Å²) in [6, 6.07) is -0.778. The van der Waals surface area contributed by atoms with Crippen LogP contribution in [0.4, 0.5) is 22.0 Å². The molecule has 0 spiro atoms. The topological polar surface area (TPSA) is 75.4 Å². The zero-order valence-corrected chi connectivity index (χ0v) is 10.3. The number of rotatable bonds is 4. The molecule has 10 heteroatoms. The quantitative estimate of drug-likeness (QED) is 0.731. The Labute approximate surface area is 111 Å². The number of primary amides is 1. The average Bonchev–Trinajstić information content (AvgIpc) is 2.29. The molecule has 0 saturated carbocycles. The zero-order chi connectivity index (χ0) is 15.6. The van der Waals surface area contributed by atoms with Crippen LogP contribution in [-0.4, -0.2) is 54.5 Å². The van der Waals surface area contributed by atoms with E-state index in [1.807, 2.05) is 0 Å². The lowest BCUT2D eigenvalue weighted by molar-refractivity contribution is -0.270. The Kier molecular flexibility index (Phi) is 4.90. The first kappa shape index (κ1) is 16.6. The van der Waals surface area contributed by atoms with Gasteiger partial charge >= 0.3 is 18.0 Å². The van der Waals surface area contributed by atoms with Crippen molar-refractivity contribution in [2.24, 2.45) is 5.73 Å². The van der Waals surface area contributed by atoms with Crippen LogP contribution >= 0.6 is 0 Å². The van der Waals surface area contributed by atoms with Crippen molar-refractivity contribution in [3.63, 3.8) is 0 Å². The smallest absolute Gasteiger partial charge is 0.369 e. The number of nitrogens with zero attached hydrogens (tertiary/aromatic N) is 1. The minimum Gasteiger partial charge on any atom is -0.369 e. The number of nitrogens with two attached hydrogens (primary N) is 1. The van der Waals surface area contributed by atoms with Crippen molar-refractivity contribution in [2.45, 2.75) is 31.0 Å². The average molecular weight is 303 g/mol. The predicted octanol–water partition coefficient (Wildman–Crippen LogP) is 0.250. The number of halogens is 5. The summed E-state index contributed by atoms with van der Waals surface area (Å²) in [5, 5.41) is 1.69. The molecule has 0 aromatic rings. The van der Waals surface area contributed by atoms with Gasteiger partial charge in [0, 0.05) is 19.1 Å². The van der Waals surface area contributed by atoms with E-state index in [1.54, 1.807) is 10.2 Å². The fourth-order valence-electron chi connectivity index (χ4n) is 1.86. The third-order valence-corrected chi connectivity index (χ3v) is 2.94. The van der Waals surface area contributed by atoms with Crippen LogP contribution in [0.25, 0.3) is 0 Å². The summed E-state index contributed by atoms with van der Waals surface area (Å²) in [7, 11) is 0. The van der Waals surface area contributed by atoms with Gasteiger partial charge < -0.3 is 11.1 Å². The van der Waals surface area contributed by atoms with Crippen molar-refractivity contribution in [1.29, 1.82) is 0 Å². The summed E-state index contributed by atoms with van der Waals surface area (Å²) in [5.74, 6) is -8.31. The van der Waals surface area contributed by atoms with Crippen LogP contribution in [0.2, 0.25) is 0 Å². The maximum atomic E-state index is 12.7. The minimum absolute atomic E-state index is 0.0145. The number of nitrogens with one attached hydrogen (secondary N) is 1. The third kappa shape index (κ3) is 4.02. The number of alkyl halides is 5. The number of amides is 2. The van der Waals surface area contributed by atoms with Crippen LogP contribution in [0.3, 0.4) is 0 Å². The Hall–Kier alpha value is -1.45.